The van der Waals surface area contributed by atoms with Gasteiger partial charge in [0.05, 0.1) is 17.0 Å². The van der Waals surface area contributed by atoms with Crippen molar-refractivity contribution in [3.63, 3.8) is 0 Å². The van der Waals surface area contributed by atoms with Crippen molar-refractivity contribution in [1.29, 1.82) is 0 Å². The summed E-state index contributed by atoms with van der Waals surface area (Å²) in [4.78, 5) is 26.9. The summed E-state index contributed by atoms with van der Waals surface area (Å²) in [6.07, 6.45) is 7.84. The summed E-state index contributed by atoms with van der Waals surface area (Å²) < 4.78 is 0. The second kappa shape index (κ2) is 9.80. The van der Waals surface area contributed by atoms with Crippen molar-refractivity contribution >= 4 is 23.5 Å². The number of hydrogen-bond acceptors (Lipinski definition) is 4. The molecule has 2 aromatic rings. The lowest BCUT2D eigenvalue weighted by molar-refractivity contribution is -0.128. The number of thiophene rings is 1. The minimum absolute atomic E-state index is 0.0635. The molecule has 0 unspecified atom stereocenters. The monoisotopic (exact) mass is 397 g/mol. The summed E-state index contributed by atoms with van der Waals surface area (Å²) in [5, 5.41) is 10.3. The maximum atomic E-state index is 12.2. The van der Waals surface area contributed by atoms with E-state index in [-0.39, 0.29) is 11.9 Å². The zero-order chi connectivity index (χ0) is 19.9. The van der Waals surface area contributed by atoms with Crippen LogP contribution >= 0.6 is 11.3 Å². The predicted molar refractivity (Wildman–Crippen MR) is 113 cm³/mol. The number of carbonyl (C=O) groups excluding carboxylic acids is 2. The van der Waals surface area contributed by atoms with Crippen molar-refractivity contribution in [1.82, 2.24) is 4.90 Å². The molecule has 2 heterocycles. The number of benzene rings is 1. The molecule has 0 bridgehead atoms. The molecule has 5 heteroatoms. The molecule has 1 aromatic heterocycles. The predicted octanol–water partition coefficient (Wildman–Crippen LogP) is 3.95. The minimum atomic E-state index is -0.549. The fraction of sp³-hybridized carbons (Fsp3) is 0.391. The van der Waals surface area contributed by atoms with E-state index in [0.29, 0.717) is 19.4 Å². The fourth-order valence-corrected chi connectivity index (χ4v) is 4.54. The van der Waals surface area contributed by atoms with Crippen molar-refractivity contribution in [2.45, 2.75) is 51.2 Å². The molecule has 0 aliphatic carbocycles. The maximum Gasteiger partial charge on any atom is 0.223 e. The van der Waals surface area contributed by atoms with Crippen LogP contribution in [0.3, 0.4) is 0 Å². The third kappa shape index (κ3) is 5.63. The van der Waals surface area contributed by atoms with Gasteiger partial charge in [-0.1, -0.05) is 42.0 Å². The summed E-state index contributed by atoms with van der Waals surface area (Å²) in [7, 11) is 0. The number of hydrogen-bond donors (Lipinski definition) is 1. The number of nitrogens with zero attached hydrogens (tertiary/aromatic N) is 1. The molecule has 28 heavy (non-hydrogen) atoms. The van der Waals surface area contributed by atoms with E-state index >= 15 is 0 Å². The normalized spacial score (nSPS) is 18.1. The van der Waals surface area contributed by atoms with Gasteiger partial charge in [0.25, 0.3) is 0 Å². The van der Waals surface area contributed by atoms with Gasteiger partial charge in [-0.3, -0.25) is 9.59 Å². The molecule has 1 saturated heterocycles. The van der Waals surface area contributed by atoms with Crippen LogP contribution < -0.4 is 0 Å². The van der Waals surface area contributed by atoms with Crippen molar-refractivity contribution in [2.75, 3.05) is 6.54 Å². The van der Waals surface area contributed by atoms with Crippen LogP contribution in [-0.2, 0) is 17.6 Å². The van der Waals surface area contributed by atoms with Crippen LogP contribution in [0.1, 0.15) is 44.9 Å². The Hall–Kier alpha value is -2.24. The number of carbonyl (C=O) groups is 2. The Morgan fingerprint density at radius 2 is 2.18 bits per heavy atom. The smallest absolute Gasteiger partial charge is 0.223 e. The van der Waals surface area contributed by atoms with E-state index in [4.69, 9.17) is 0 Å². The third-order valence-corrected chi connectivity index (χ3v) is 6.15. The van der Waals surface area contributed by atoms with Crippen LogP contribution in [-0.4, -0.2) is 40.9 Å². The van der Waals surface area contributed by atoms with E-state index < -0.39 is 6.10 Å². The number of aliphatic hydroxyl groups is 1. The first-order chi connectivity index (χ1) is 13.5. The van der Waals surface area contributed by atoms with Gasteiger partial charge in [0, 0.05) is 24.3 Å². The van der Waals surface area contributed by atoms with Gasteiger partial charge < -0.3 is 10.0 Å². The Labute approximate surface area is 170 Å². The first kappa shape index (κ1) is 20.5. The number of rotatable bonds is 9. The highest BCUT2D eigenvalue weighted by Gasteiger charge is 2.28. The summed E-state index contributed by atoms with van der Waals surface area (Å²) in [5.41, 5.74) is 2.30. The standard InChI is InChI=1S/C23H27NO3S/c1-17-4-2-5-18(14-17)15-20(26)9-7-19-8-12-23(27)24(19)13-3-6-21-10-11-22(16-25)28-21/h2,4-5,7,9-11,14,16,19-20,26H,3,6,8,12-13,15H2,1H3/b9-7+/t19-,20+/m0/s1. The zero-order valence-electron chi connectivity index (χ0n) is 16.2. The highest BCUT2D eigenvalue weighted by molar-refractivity contribution is 7.13. The van der Waals surface area contributed by atoms with E-state index in [9.17, 15) is 14.7 Å². The van der Waals surface area contributed by atoms with Crippen LogP contribution in [0, 0.1) is 6.92 Å². The molecular weight excluding hydrogens is 370 g/mol. The molecule has 1 fully saturated rings. The van der Waals surface area contributed by atoms with Crippen molar-refractivity contribution in [3.8, 4) is 0 Å². The first-order valence-corrected chi connectivity index (χ1v) is 10.6. The van der Waals surface area contributed by atoms with Crippen molar-refractivity contribution < 1.29 is 14.7 Å². The topological polar surface area (TPSA) is 57.6 Å². The minimum Gasteiger partial charge on any atom is -0.389 e. The van der Waals surface area contributed by atoms with Gasteiger partial charge in [-0.25, -0.2) is 0 Å². The number of likely N-dealkylation sites (tertiary alicyclic amines) is 1. The zero-order valence-corrected chi connectivity index (χ0v) is 17.0. The van der Waals surface area contributed by atoms with E-state index in [1.165, 1.54) is 21.8 Å². The lowest BCUT2D eigenvalue weighted by Crippen LogP contribution is -2.33. The second-order valence-electron chi connectivity index (χ2n) is 7.36. The lowest BCUT2D eigenvalue weighted by Gasteiger charge is -2.22. The third-order valence-electron chi connectivity index (χ3n) is 5.08. The number of amides is 1. The molecule has 1 aliphatic heterocycles. The molecule has 2 atom stereocenters. The lowest BCUT2D eigenvalue weighted by atomic mass is 10.0. The van der Waals surface area contributed by atoms with Crippen LogP contribution in [0.15, 0.2) is 48.6 Å². The van der Waals surface area contributed by atoms with E-state index in [0.717, 1.165) is 36.0 Å². The summed E-state index contributed by atoms with van der Waals surface area (Å²) >= 11 is 1.51. The Balaban J connectivity index is 1.51. The average Bonchev–Trinajstić information content (AvgIpc) is 3.27. The molecule has 4 nitrogen and oxygen atoms in total. The largest absolute Gasteiger partial charge is 0.389 e. The Morgan fingerprint density at radius 3 is 2.93 bits per heavy atom. The number of aryl methyl sites for hydroxylation is 2. The van der Waals surface area contributed by atoms with Crippen LogP contribution in [0.4, 0.5) is 0 Å². The highest BCUT2D eigenvalue weighted by Crippen LogP contribution is 2.22. The van der Waals surface area contributed by atoms with E-state index in [1.54, 1.807) is 0 Å². The van der Waals surface area contributed by atoms with Gasteiger partial charge in [-0.15, -0.1) is 11.3 Å². The Kier molecular flexibility index (Phi) is 7.18. The first-order valence-electron chi connectivity index (χ1n) is 9.80. The van der Waals surface area contributed by atoms with Gasteiger partial charge in [0.2, 0.25) is 5.91 Å². The van der Waals surface area contributed by atoms with Gasteiger partial charge in [-0.05, 0) is 43.9 Å². The molecule has 0 spiro atoms. The number of aliphatic hydroxyl groups excluding tert-OH is 1. The highest BCUT2D eigenvalue weighted by atomic mass is 32.1. The van der Waals surface area contributed by atoms with Crippen LogP contribution in [0.25, 0.3) is 0 Å². The maximum absolute atomic E-state index is 12.2. The molecule has 1 N–H and O–H groups in total. The molecular formula is C23H27NO3S. The number of aldehydes is 1. The van der Waals surface area contributed by atoms with Gasteiger partial charge >= 0.3 is 0 Å². The van der Waals surface area contributed by atoms with Crippen molar-refractivity contribution in [3.05, 3.63) is 69.4 Å². The second-order valence-corrected chi connectivity index (χ2v) is 8.56. The average molecular weight is 398 g/mol. The van der Waals surface area contributed by atoms with E-state index in [2.05, 4.69) is 6.07 Å². The molecule has 3 rings (SSSR count). The molecule has 0 saturated carbocycles. The van der Waals surface area contributed by atoms with Gasteiger partial charge in [-0.2, -0.15) is 0 Å². The molecule has 0 radical (unpaired) electrons. The van der Waals surface area contributed by atoms with Gasteiger partial charge in [0.15, 0.2) is 6.29 Å². The summed E-state index contributed by atoms with van der Waals surface area (Å²) in [6.45, 7) is 2.75. The summed E-state index contributed by atoms with van der Waals surface area (Å²) in [6, 6.07) is 12.1. The molecule has 1 aromatic carbocycles. The SMILES string of the molecule is Cc1cccc(C[C@H](O)/C=C/[C@H]2CCC(=O)N2CCCc2ccc(C=O)s2)c1. The van der Waals surface area contributed by atoms with Crippen molar-refractivity contribution in [2.24, 2.45) is 0 Å². The van der Waals surface area contributed by atoms with Crippen LogP contribution in [0.5, 0.6) is 0 Å². The molecule has 1 aliphatic rings. The Morgan fingerprint density at radius 1 is 1.32 bits per heavy atom. The van der Waals surface area contributed by atoms with E-state index in [1.807, 2.05) is 54.3 Å². The molecule has 1 amide bonds. The van der Waals surface area contributed by atoms with Crippen LogP contribution in [0.2, 0.25) is 0 Å². The summed E-state index contributed by atoms with van der Waals surface area (Å²) in [5.74, 6) is 0.183. The van der Waals surface area contributed by atoms with Gasteiger partial charge in [0.1, 0.15) is 0 Å². The fourth-order valence-electron chi connectivity index (χ4n) is 3.67. The Bertz CT molecular complexity index is 842. The quantitative estimate of drug-likeness (QED) is 0.515. The molecule has 148 valence electrons.